The second-order valence-electron chi connectivity index (χ2n) is 13.2. The zero-order valence-electron chi connectivity index (χ0n) is 27.5. The van der Waals surface area contributed by atoms with Gasteiger partial charge in [0, 0.05) is 49.9 Å². The van der Waals surface area contributed by atoms with Gasteiger partial charge in [-0.3, -0.25) is 14.6 Å². The summed E-state index contributed by atoms with van der Waals surface area (Å²) in [6, 6.07) is 8.76. The van der Waals surface area contributed by atoms with E-state index in [1.807, 2.05) is 6.92 Å². The smallest absolute Gasteiger partial charge is 0.417 e. The number of carbonyl (C=O) groups excluding carboxylic acids is 2. The molecule has 0 saturated carbocycles. The Labute approximate surface area is 281 Å². The van der Waals surface area contributed by atoms with Crippen molar-refractivity contribution in [2.24, 2.45) is 0 Å². The average Bonchev–Trinajstić information content (AvgIpc) is 3.14. The van der Waals surface area contributed by atoms with Crippen LogP contribution in [0.3, 0.4) is 0 Å². The van der Waals surface area contributed by atoms with Gasteiger partial charge in [0.05, 0.1) is 22.9 Å². The molecular formula is C33H38F5N5O4S. The summed E-state index contributed by atoms with van der Waals surface area (Å²) in [5.41, 5.74) is -3.57. The van der Waals surface area contributed by atoms with Crippen molar-refractivity contribution >= 4 is 40.7 Å². The van der Waals surface area contributed by atoms with E-state index in [0.717, 1.165) is 11.0 Å². The number of nitrogens with zero attached hydrogens (tertiary/aromatic N) is 5. The second kappa shape index (κ2) is 13.8. The first-order chi connectivity index (χ1) is 22.2. The maximum atomic E-state index is 13.7. The molecule has 0 spiro atoms. The third-order valence-electron chi connectivity index (χ3n) is 8.04. The van der Waals surface area contributed by atoms with Gasteiger partial charge in [0.2, 0.25) is 6.43 Å². The van der Waals surface area contributed by atoms with Crippen molar-refractivity contribution in [2.75, 3.05) is 42.6 Å². The molecule has 2 amide bonds. The van der Waals surface area contributed by atoms with Gasteiger partial charge in [-0.05, 0) is 90.2 Å². The minimum Gasteiger partial charge on any atom is -0.492 e. The Morgan fingerprint density at radius 2 is 1.77 bits per heavy atom. The minimum absolute atomic E-state index is 0.110. The SMILES string of the molecule is C[C@@H]1CN(CCOc2ccc(N3C(=S)N(c4ccc(C#N)c(C(F)(F)F)c4)C(=O)C3(C)C)cc2CC(F)F)CCN1C(=O)OC(C)(C)C. The van der Waals surface area contributed by atoms with E-state index in [4.69, 9.17) is 27.0 Å². The number of alkyl halides is 5. The van der Waals surface area contributed by atoms with Crippen LogP contribution in [0.5, 0.6) is 5.75 Å². The van der Waals surface area contributed by atoms with Crippen molar-refractivity contribution in [1.29, 1.82) is 5.26 Å². The highest BCUT2D eigenvalue weighted by atomic mass is 32.1. The summed E-state index contributed by atoms with van der Waals surface area (Å²) >= 11 is 5.58. The van der Waals surface area contributed by atoms with Crippen LogP contribution in [0.2, 0.25) is 0 Å². The zero-order valence-corrected chi connectivity index (χ0v) is 28.3. The highest BCUT2D eigenvalue weighted by Gasteiger charge is 2.51. The van der Waals surface area contributed by atoms with Crippen molar-refractivity contribution in [3.63, 3.8) is 0 Å². The number of anilines is 2. The first kappa shape index (κ1) is 36.8. The van der Waals surface area contributed by atoms with E-state index in [2.05, 4.69) is 4.90 Å². The summed E-state index contributed by atoms with van der Waals surface area (Å²) in [6.07, 6.45) is -8.61. The third-order valence-corrected chi connectivity index (χ3v) is 8.40. The van der Waals surface area contributed by atoms with Crippen LogP contribution in [0.1, 0.15) is 58.2 Å². The molecule has 0 unspecified atom stereocenters. The molecule has 2 fully saturated rings. The number of halogens is 5. The lowest BCUT2D eigenvalue weighted by Crippen LogP contribution is -2.55. The van der Waals surface area contributed by atoms with Crippen LogP contribution in [-0.2, 0) is 22.1 Å². The maximum Gasteiger partial charge on any atom is 0.417 e. The molecule has 2 aromatic carbocycles. The van der Waals surface area contributed by atoms with E-state index >= 15 is 0 Å². The monoisotopic (exact) mass is 695 g/mol. The number of hydrogen-bond acceptors (Lipinski definition) is 7. The number of thiocarbonyl (C=S) groups is 1. The number of benzene rings is 2. The molecule has 2 aliphatic rings. The molecule has 4 rings (SSSR count). The van der Waals surface area contributed by atoms with Crippen LogP contribution >= 0.6 is 12.2 Å². The molecule has 0 radical (unpaired) electrons. The molecule has 0 N–H and O–H groups in total. The number of hydrogen-bond donors (Lipinski definition) is 0. The number of carbonyl (C=O) groups is 2. The fourth-order valence-corrected chi connectivity index (χ4v) is 6.27. The normalized spacial score (nSPS) is 18.8. The van der Waals surface area contributed by atoms with Gasteiger partial charge in [0.15, 0.2) is 5.11 Å². The zero-order chi connectivity index (χ0) is 35.8. The summed E-state index contributed by atoms with van der Waals surface area (Å²) in [5.74, 6) is -0.422. The quantitative estimate of drug-likeness (QED) is 0.225. The molecule has 2 aliphatic heterocycles. The molecule has 0 aliphatic carbocycles. The lowest BCUT2D eigenvalue weighted by Gasteiger charge is -2.40. The first-order valence-electron chi connectivity index (χ1n) is 15.3. The van der Waals surface area contributed by atoms with Crippen LogP contribution < -0.4 is 14.5 Å². The standard InChI is InChI=1S/C33H38F5N5O4S/c1-20-19-40(11-12-41(20)30(45)47-31(2,3)4)13-14-46-26-10-9-24(15-22(26)16-27(34)35)43-29(48)42(28(44)32(43,5)6)23-8-7-21(18-39)25(17-23)33(36,37)38/h7-10,15,17,20,27H,11-14,16,19H2,1-6H3/t20-/m1/s1. The number of piperazine rings is 1. The van der Waals surface area contributed by atoms with Crippen molar-refractivity contribution in [3.05, 3.63) is 53.1 Å². The third kappa shape index (κ3) is 7.98. The number of nitriles is 1. The van der Waals surface area contributed by atoms with Gasteiger partial charge in [-0.2, -0.15) is 18.4 Å². The summed E-state index contributed by atoms with van der Waals surface area (Å²) in [4.78, 5) is 32.2. The van der Waals surface area contributed by atoms with Crippen LogP contribution in [-0.4, -0.2) is 83.3 Å². The van der Waals surface area contributed by atoms with Gasteiger partial charge >= 0.3 is 12.3 Å². The van der Waals surface area contributed by atoms with Crippen molar-refractivity contribution in [1.82, 2.24) is 9.80 Å². The fourth-order valence-electron chi connectivity index (χ4n) is 5.74. The average molecular weight is 696 g/mol. The minimum atomic E-state index is -4.85. The molecule has 2 heterocycles. The van der Waals surface area contributed by atoms with Crippen molar-refractivity contribution in [2.45, 2.75) is 77.7 Å². The molecule has 2 saturated heterocycles. The topological polar surface area (TPSA) is 89.4 Å². The Morgan fingerprint density at radius 1 is 1.10 bits per heavy atom. The molecule has 260 valence electrons. The predicted molar refractivity (Wildman–Crippen MR) is 173 cm³/mol. The summed E-state index contributed by atoms with van der Waals surface area (Å²) < 4.78 is 79.9. The Morgan fingerprint density at radius 3 is 2.35 bits per heavy atom. The Kier molecular flexibility index (Phi) is 10.6. The van der Waals surface area contributed by atoms with E-state index in [1.54, 1.807) is 31.7 Å². The summed E-state index contributed by atoms with van der Waals surface area (Å²) in [6.45, 7) is 12.6. The molecule has 15 heteroatoms. The molecule has 0 aromatic heterocycles. The van der Waals surface area contributed by atoms with E-state index < -0.39 is 47.2 Å². The predicted octanol–water partition coefficient (Wildman–Crippen LogP) is 6.62. The molecule has 1 atom stereocenters. The molecule has 48 heavy (non-hydrogen) atoms. The highest BCUT2D eigenvalue weighted by Crippen LogP contribution is 2.40. The largest absolute Gasteiger partial charge is 0.492 e. The fraction of sp³-hybridized carbons (Fsp3) is 0.515. The van der Waals surface area contributed by atoms with Gasteiger partial charge in [0.25, 0.3) is 5.91 Å². The summed E-state index contributed by atoms with van der Waals surface area (Å²) in [7, 11) is 0. The lowest BCUT2D eigenvalue weighted by atomic mass is 10.0. The Bertz CT molecular complexity index is 1600. The van der Waals surface area contributed by atoms with Crippen LogP contribution in [0, 0.1) is 11.3 Å². The molecular weight excluding hydrogens is 657 g/mol. The molecule has 9 nitrogen and oxygen atoms in total. The first-order valence-corrected chi connectivity index (χ1v) is 15.7. The van der Waals surface area contributed by atoms with Crippen LogP contribution in [0.15, 0.2) is 36.4 Å². The van der Waals surface area contributed by atoms with Gasteiger partial charge in [-0.1, -0.05) is 0 Å². The van der Waals surface area contributed by atoms with Crippen molar-refractivity contribution in [3.8, 4) is 11.8 Å². The highest BCUT2D eigenvalue weighted by molar-refractivity contribution is 7.81. The molecule has 0 bridgehead atoms. The van der Waals surface area contributed by atoms with Crippen LogP contribution in [0.25, 0.3) is 0 Å². The van der Waals surface area contributed by atoms with E-state index in [-0.39, 0.29) is 46.5 Å². The Hall–Kier alpha value is -4.03. The summed E-state index contributed by atoms with van der Waals surface area (Å²) in [5, 5.41) is 9.01. The van der Waals surface area contributed by atoms with Gasteiger partial charge < -0.3 is 19.3 Å². The van der Waals surface area contributed by atoms with E-state index in [0.29, 0.717) is 32.2 Å². The van der Waals surface area contributed by atoms with Gasteiger partial charge in [-0.15, -0.1) is 0 Å². The van der Waals surface area contributed by atoms with Crippen LogP contribution in [0.4, 0.5) is 38.1 Å². The van der Waals surface area contributed by atoms with Crippen molar-refractivity contribution < 1.29 is 41.0 Å². The number of rotatable bonds is 8. The molecule has 2 aromatic rings. The maximum absolute atomic E-state index is 13.7. The Balaban J connectivity index is 1.51. The second-order valence-corrected chi connectivity index (χ2v) is 13.6. The lowest BCUT2D eigenvalue weighted by molar-refractivity contribution is -0.137. The van der Waals surface area contributed by atoms with Gasteiger partial charge in [-0.25, -0.2) is 13.6 Å². The number of amides is 2. The van der Waals surface area contributed by atoms with E-state index in [1.165, 1.54) is 43.0 Å². The number of ether oxygens (including phenoxy) is 2. The van der Waals surface area contributed by atoms with Gasteiger partial charge in [0.1, 0.15) is 23.5 Å². The van der Waals surface area contributed by atoms with E-state index in [9.17, 15) is 31.5 Å².